The Kier molecular flexibility index (Phi) is 13.1. The molecule has 1 heterocycles. The van der Waals surface area contributed by atoms with Crippen LogP contribution in [0.2, 0.25) is 0 Å². The number of benzene rings is 3. The molecule has 5 N–H and O–H groups in total. The molecule has 10 heteroatoms. The van der Waals surface area contributed by atoms with Gasteiger partial charge in [-0.25, -0.2) is 0 Å². The van der Waals surface area contributed by atoms with Gasteiger partial charge in [0.25, 0.3) is 0 Å². The highest BCUT2D eigenvalue weighted by molar-refractivity contribution is 5.97. The van der Waals surface area contributed by atoms with Gasteiger partial charge in [-0.1, -0.05) is 56.3 Å². The number of nitrogens with one attached hydrogen (secondary N) is 1. The number of amides is 3. The fourth-order valence-corrected chi connectivity index (χ4v) is 4.83. The first-order chi connectivity index (χ1) is 21.8. The summed E-state index contributed by atoms with van der Waals surface area (Å²) in [6.45, 7) is 10.2. The molecule has 10 nitrogen and oxygen atoms in total. The third kappa shape index (κ3) is 11.5. The van der Waals surface area contributed by atoms with Crippen LogP contribution in [0.15, 0.2) is 78.9 Å². The summed E-state index contributed by atoms with van der Waals surface area (Å²) >= 11 is 0. The molecule has 0 aromatic heterocycles. The van der Waals surface area contributed by atoms with E-state index in [4.69, 9.17) is 20.9 Å². The van der Waals surface area contributed by atoms with Crippen molar-refractivity contribution in [3.63, 3.8) is 0 Å². The number of piperazine rings is 1. The lowest BCUT2D eigenvalue weighted by molar-refractivity contribution is -0.152. The lowest BCUT2D eigenvalue weighted by Crippen LogP contribution is -2.66. The highest BCUT2D eigenvalue weighted by Gasteiger charge is 2.41. The third-order valence-corrected chi connectivity index (χ3v) is 6.99. The monoisotopic (exact) mass is 631 g/mol. The second kappa shape index (κ2) is 16.8. The molecule has 3 aromatic rings. The van der Waals surface area contributed by atoms with Crippen LogP contribution in [0.3, 0.4) is 0 Å². The number of para-hydroxylation sites is 1. The molecule has 0 bridgehead atoms. The van der Waals surface area contributed by atoms with Crippen molar-refractivity contribution in [3.8, 4) is 17.2 Å². The second-order valence-electron chi connectivity index (χ2n) is 12.6. The first kappa shape index (κ1) is 36.1. The fourth-order valence-electron chi connectivity index (χ4n) is 4.83. The van der Waals surface area contributed by atoms with Gasteiger partial charge >= 0.3 is 0 Å². The first-order valence-electron chi connectivity index (χ1n) is 15.7. The average molecular weight is 632 g/mol. The normalized spacial score (nSPS) is 16.3. The molecule has 3 amide bonds. The minimum Gasteiger partial charge on any atom is -0.494 e. The van der Waals surface area contributed by atoms with Gasteiger partial charge in [0.1, 0.15) is 29.3 Å². The van der Waals surface area contributed by atoms with Crippen molar-refractivity contribution < 1.29 is 23.9 Å². The zero-order chi connectivity index (χ0) is 33.9. The minimum absolute atomic E-state index is 0.0530. The number of ether oxygens (including phenoxy) is 2. The van der Waals surface area contributed by atoms with Crippen LogP contribution in [0.25, 0.3) is 0 Å². The predicted molar refractivity (Wildman–Crippen MR) is 180 cm³/mol. The number of carbonyl (C=O) groups excluding carboxylic acids is 3. The van der Waals surface area contributed by atoms with E-state index in [1.165, 1.54) is 4.90 Å². The Morgan fingerprint density at radius 2 is 1.48 bits per heavy atom. The van der Waals surface area contributed by atoms with E-state index < -0.39 is 17.6 Å². The predicted octanol–water partition coefficient (Wildman–Crippen LogP) is 4.26. The molecule has 1 aliphatic rings. The molecule has 248 valence electrons. The van der Waals surface area contributed by atoms with E-state index in [1.807, 2.05) is 99.6 Å². The Morgan fingerprint density at radius 1 is 0.935 bits per heavy atom. The largest absolute Gasteiger partial charge is 0.494 e. The van der Waals surface area contributed by atoms with Crippen LogP contribution in [0, 0.1) is 0 Å². The van der Waals surface area contributed by atoms with Gasteiger partial charge in [0, 0.05) is 38.5 Å². The quantitative estimate of drug-likeness (QED) is 0.271. The third-order valence-electron chi connectivity index (χ3n) is 6.99. The second-order valence-corrected chi connectivity index (χ2v) is 12.6. The van der Waals surface area contributed by atoms with E-state index in [1.54, 1.807) is 25.8 Å². The summed E-state index contributed by atoms with van der Waals surface area (Å²) < 4.78 is 11.4. The zero-order valence-corrected chi connectivity index (χ0v) is 27.9. The van der Waals surface area contributed by atoms with Gasteiger partial charge in [0.15, 0.2) is 0 Å². The smallest absolute Gasteiger partial charge is 0.246 e. The summed E-state index contributed by atoms with van der Waals surface area (Å²) in [5, 5.41) is 2.91. The Balaban J connectivity index is 0.00000136. The molecule has 2 atom stereocenters. The summed E-state index contributed by atoms with van der Waals surface area (Å²) in [4.78, 5) is 43.2. The maximum Gasteiger partial charge on any atom is 0.246 e. The SMILES string of the molecule is CC(C)N.CCOc1ccc(C[C@@H]2NC(=O)[C@H](CN(C)C(=O)CC(C)(C)N)N(Cc3ccc(Oc4ccccc4)cc3)C2=O)cc1. The van der Waals surface area contributed by atoms with Crippen molar-refractivity contribution in [2.75, 3.05) is 20.2 Å². The molecule has 1 aliphatic heterocycles. The molecule has 0 unspecified atom stereocenters. The van der Waals surface area contributed by atoms with Crippen molar-refractivity contribution in [3.05, 3.63) is 90.0 Å². The molecule has 46 heavy (non-hydrogen) atoms. The van der Waals surface area contributed by atoms with E-state index in [-0.39, 0.29) is 37.2 Å². The maximum atomic E-state index is 13.9. The van der Waals surface area contributed by atoms with Crippen molar-refractivity contribution in [1.82, 2.24) is 15.1 Å². The minimum atomic E-state index is -0.857. The van der Waals surface area contributed by atoms with Crippen molar-refractivity contribution >= 4 is 17.7 Å². The van der Waals surface area contributed by atoms with Crippen molar-refractivity contribution in [2.24, 2.45) is 11.5 Å². The summed E-state index contributed by atoms with van der Waals surface area (Å²) in [6, 6.07) is 23.1. The van der Waals surface area contributed by atoms with Gasteiger partial charge in [-0.15, -0.1) is 0 Å². The van der Waals surface area contributed by atoms with Crippen LogP contribution in [-0.2, 0) is 27.3 Å². The van der Waals surface area contributed by atoms with Crippen LogP contribution in [0.1, 0.15) is 52.2 Å². The van der Waals surface area contributed by atoms with Gasteiger partial charge in [-0.05, 0) is 74.3 Å². The van der Waals surface area contributed by atoms with Gasteiger partial charge in [0.2, 0.25) is 17.7 Å². The standard InChI is InChI=1S/C33H40N4O5.C3H9N/c1-5-41-25-15-11-23(12-16-25)19-28-32(40)37(29(31(39)35-28)22-36(4)30(38)20-33(2,3)34)21-24-13-17-27(18-14-24)42-26-9-7-6-8-10-26;1-3(2)4/h6-18,28-29H,5,19-22,34H2,1-4H3,(H,35,39);3H,4H2,1-2H3/t28-,29-;/m0./s1. The number of likely N-dealkylation sites (N-methyl/N-ethyl adjacent to an activating group) is 1. The number of hydrogen-bond donors (Lipinski definition) is 3. The fraction of sp³-hybridized carbons (Fsp3) is 0.417. The Hall–Kier alpha value is -4.41. The number of nitrogens with two attached hydrogens (primary N) is 2. The van der Waals surface area contributed by atoms with Crippen molar-refractivity contribution in [1.29, 1.82) is 0 Å². The van der Waals surface area contributed by atoms with Gasteiger partial charge in [-0.2, -0.15) is 0 Å². The molecular weight excluding hydrogens is 582 g/mol. The van der Waals surface area contributed by atoms with Crippen LogP contribution < -0.4 is 26.3 Å². The van der Waals surface area contributed by atoms with Crippen LogP contribution in [0.5, 0.6) is 17.2 Å². The van der Waals surface area contributed by atoms with Crippen LogP contribution in [0.4, 0.5) is 0 Å². The first-order valence-corrected chi connectivity index (χ1v) is 15.7. The summed E-state index contributed by atoms with van der Waals surface area (Å²) in [5.74, 6) is 1.42. The van der Waals surface area contributed by atoms with E-state index in [0.717, 1.165) is 22.6 Å². The maximum absolute atomic E-state index is 13.9. The highest BCUT2D eigenvalue weighted by Crippen LogP contribution is 2.24. The number of nitrogens with zero attached hydrogens (tertiary/aromatic N) is 2. The highest BCUT2D eigenvalue weighted by atomic mass is 16.5. The average Bonchev–Trinajstić information content (AvgIpc) is 2.99. The molecule has 0 aliphatic carbocycles. The van der Waals surface area contributed by atoms with Gasteiger partial charge in [0.05, 0.1) is 6.61 Å². The molecule has 3 aromatic carbocycles. The Labute approximate surface area is 273 Å². The summed E-state index contributed by atoms with van der Waals surface area (Å²) in [6.07, 6.45) is 0.454. The molecular formula is C36H49N5O5. The van der Waals surface area contributed by atoms with Crippen molar-refractivity contribution in [2.45, 2.75) is 77.7 Å². The molecule has 0 spiro atoms. The number of rotatable bonds is 12. The van der Waals surface area contributed by atoms with Crippen LogP contribution >= 0.6 is 0 Å². The molecule has 1 fully saturated rings. The molecule has 1 saturated heterocycles. The molecule has 0 radical (unpaired) electrons. The molecule has 0 saturated carbocycles. The topological polar surface area (TPSA) is 140 Å². The lowest BCUT2D eigenvalue weighted by atomic mass is 9.98. The summed E-state index contributed by atoms with van der Waals surface area (Å²) in [7, 11) is 1.63. The van der Waals surface area contributed by atoms with Crippen LogP contribution in [-0.4, -0.2) is 71.4 Å². The van der Waals surface area contributed by atoms with E-state index in [9.17, 15) is 14.4 Å². The molecule has 4 rings (SSSR count). The van der Waals surface area contributed by atoms with E-state index >= 15 is 0 Å². The Morgan fingerprint density at radius 3 is 2.04 bits per heavy atom. The number of carbonyl (C=O) groups is 3. The van der Waals surface area contributed by atoms with E-state index in [0.29, 0.717) is 24.8 Å². The zero-order valence-electron chi connectivity index (χ0n) is 27.9. The summed E-state index contributed by atoms with van der Waals surface area (Å²) in [5.41, 5.74) is 12.2. The van der Waals surface area contributed by atoms with E-state index in [2.05, 4.69) is 5.32 Å². The Bertz CT molecular complexity index is 1400. The number of hydrogen-bond acceptors (Lipinski definition) is 7. The van der Waals surface area contributed by atoms with Gasteiger partial charge in [-0.3, -0.25) is 14.4 Å². The van der Waals surface area contributed by atoms with Gasteiger partial charge < -0.3 is 36.1 Å². The lowest BCUT2D eigenvalue weighted by Gasteiger charge is -2.40.